The van der Waals surface area contributed by atoms with E-state index < -0.39 is 5.91 Å². The van der Waals surface area contributed by atoms with Gasteiger partial charge in [-0.3, -0.25) is 4.79 Å². The van der Waals surface area contributed by atoms with E-state index in [1.54, 1.807) is 24.3 Å². The van der Waals surface area contributed by atoms with Crippen molar-refractivity contribution in [3.05, 3.63) is 35.4 Å². The summed E-state index contributed by atoms with van der Waals surface area (Å²) < 4.78 is 5.56. The van der Waals surface area contributed by atoms with Crippen LogP contribution in [0.4, 0.5) is 0 Å². The second kappa shape index (κ2) is 5.71. The van der Waals surface area contributed by atoms with Crippen LogP contribution in [0.5, 0.6) is 5.75 Å². The fraction of sp³-hybridized carbons (Fsp3) is 0.231. The number of hydrogen-bond acceptors (Lipinski definition) is 3. The van der Waals surface area contributed by atoms with E-state index in [9.17, 15) is 4.79 Å². The molecule has 0 saturated carbocycles. The van der Waals surface area contributed by atoms with Crippen LogP contribution in [0.3, 0.4) is 0 Å². The van der Waals surface area contributed by atoms with Gasteiger partial charge in [-0.05, 0) is 26.0 Å². The van der Waals surface area contributed by atoms with Gasteiger partial charge in [0.15, 0.2) is 0 Å². The Morgan fingerprint density at radius 3 is 2.65 bits per heavy atom. The fourth-order valence-corrected chi connectivity index (χ4v) is 1.28. The second-order valence-electron chi connectivity index (χ2n) is 3.74. The lowest BCUT2D eigenvalue weighted by molar-refractivity contribution is -0.114. The van der Waals surface area contributed by atoms with E-state index in [4.69, 9.17) is 15.7 Å². The molecule has 17 heavy (non-hydrogen) atoms. The van der Waals surface area contributed by atoms with Crippen molar-refractivity contribution in [2.24, 2.45) is 5.73 Å². The fourth-order valence-electron chi connectivity index (χ4n) is 1.28. The van der Waals surface area contributed by atoms with E-state index in [-0.39, 0.29) is 11.7 Å². The van der Waals surface area contributed by atoms with Crippen LogP contribution in [0.25, 0.3) is 6.08 Å². The van der Waals surface area contributed by atoms with Crippen LogP contribution < -0.4 is 10.5 Å². The minimum atomic E-state index is -0.744. The molecule has 0 aliphatic heterocycles. The molecule has 0 fully saturated rings. The first kappa shape index (κ1) is 12.8. The number of amides is 1. The Labute approximate surface area is 100 Å². The molecule has 0 heterocycles. The maximum absolute atomic E-state index is 11.0. The first-order chi connectivity index (χ1) is 8.04. The van der Waals surface area contributed by atoms with Gasteiger partial charge in [-0.25, -0.2) is 0 Å². The van der Waals surface area contributed by atoms with E-state index in [0.717, 1.165) is 0 Å². The standard InChI is InChI=1S/C13H14N2O2/c1-9(2)17-12-6-4-3-5-10(12)7-11(8-14)13(15)16/h3-7,9H,1-2H3,(H2,15,16)/b11-7+. The molecule has 1 aromatic rings. The Balaban J connectivity index is 3.14. The highest BCUT2D eigenvalue weighted by atomic mass is 16.5. The number of rotatable bonds is 4. The molecule has 0 aromatic heterocycles. The maximum Gasteiger partial charge on any atom is 0.259 e. The third kappa shape index (κ3) is 3.65. The molecule has 0 radical (unpaired) electrons. The molecule has 0 saturated heterocycles. The van der Waals surface area contributed by atoms with Gasteiger partial charge < -0.3 is 10.5 Å². The van der Waals surface area contributed by atoms with Crippen LogP contribution in [-0.4, -0.2) is 12.0 Å². The highest BCUT2D eigenvalue weighted by Gasteiger charge is 2.07. The van der Waals surface area contributed by atoms with Gasteiger partial charge in [-0.1, -0.05) is 18.2 Å². The lowest BCUT2D eigenvalue weighted by Crippen LogP contribution is -2.12. The van der Waals surface area contributed by atoms with Crippen molar-refractivity contribution in [3.8, 4) is 11.8 Å². The molecular weight excluding hydrogens is 216 g/mol. The van der Waals surface area contributed by atoms with Gasteiger partial charge in [-0.15, -0.1) is 0 Å². The first-order valence-corrected chi connectivity index (χ1v) is 5.22. The SMILES string of the molecule is CC(C)Oc1ccccc1/C=C(\C#N)C(N)=O. The molecule has 1 amide bonds. The molecular formula is C13H14N2O2. The lowest BCUT2D eigenvalue weighted by Gasteiger charge is -2.12. The molecule has 2 N–H and O–H groups in total. The average Bonchev–Trinajstić information content (AvgIpc) is 2.26. The van der Waals surface area contributed by atoms with Crippen LogP contribution in [-0.2, 0) is 4.79 Å². The molecule has 4 nitrogen and oxygen atoms in total. The van der Waals surface area contributed by atoms with Gasteiger partial charge in [0.1, 0.15) is 17.4 Å². The van der Waals surface area contributed by atoms with Crippen LogP contribution in [0.2, 0.25) is 0 Å². The third-order valence-electron chi connectivity index (χ3n) is 1.97. The van der Waals surface area contributed by atoms with Crippen molar-refractivity contribution in [2.75, 3.05) is 0 Å². The highest BCUT2D eigenvalue weighted by Crippen LogP contribution is 2.21. The average molecular weight is 230 g/mol. The normalized spacial score (nSPS) is 11.1. The van der Waals surface area contributed by atoms with Gasteiger partial charge in [0, 0.05) is 5.56 Å². The van der Waals surface area contributed by atoms with E-state index in [1.807, 2.05) is 19.9 Å². The Morgan fingerprint density at radius 1 is 1.47 bits per heavy atom. The van der Waals surface area contributed by atoms with E-state index in [0.29, 0.717) is 11.3 Å². The van der Waals surface area contributed by atoms with Crippen molar-refractivity contribution < 1.29 is 9.53 Å². The molecule has 0 spiro atoms. The van der Waals surface area contributed by atoms with Crippen molar-refractivity contribution >= 4 is 12.0 Å². The maximum atomic E-state index is 11.0. The molecule has 4 heteroatoms. The quantitative estimate of drug-likeness (QED) is 0.633. The lowest BCUT2D eigenvalue weighted by atomic mass is 10.1. The molecule has 0 aliphatic rings. The number of benzene rings is 1. The molecule has 1 aromatic carbocycles. The summed E-state index contributed by atoms with van der Waals surface area (Å²) in [7, 11) is 0. The number of carbonyl (C=O) groups is 1. The summed E-state index contributed by atoms with van der Waals surface area (Å²) in [4.78, 5) is 11.0. The zero-order valence-corrected chi connectivity index (χ0v) is 9.81. The number of primary amides is 1. The number of hydrogen-bond donors (Lipinski definition) is 1. The van der Waals surface area contributed by atoms with Crippen LogP contribution >= 0.6 is 0 Å². The van der Waals surface area contributed by atoms with Gasteiger partial charge >= 0.3 is 0 Å². The minimum absolute atomic E-state index is 0.0173. The summed E-state index contributed by atoms with van der Waals surface area (Å²) in [6.07, 6.45) is 1.45. The number of carbonyl (C=O) groups excluding carboxylic acids is 1. The minimum Gasteiger partial charge on any atom is -0.490 e. The summed E-state index contributed by atoms with van der Waals surface area (Å²) in [6.45, 7) is 3.81. The monoisotopic (exact) mass is 230 g/mol. The Bertz CT molecular complexity index is 484. The van der Waals surface area contributed by atoms with Gasteiger partial charge in [-0.2, -0.15) is 5.26 Å². The molecule has 0 aliphatic carbocycles. The number of para-hydroxylation sites is 1. The first-order valence-electron chi connectivity index (χ1n) is 5.22. The zero-order valence-electron chi connectivity index (χ0n) is 9.81. The summed E-state index contributed by atoms with van der Waals surface area (Å²) >= 11 is 0. The second-order valence-corrected chi connectivity index (χ2v) is 3.74. The molecule has 88 valence electrons. The zero-order chi connectivity index (χ0) is 12.8. The Morgan fingerprint density at radius 2 is 2.12 bits per heavy atom. The largest absolute Gasteiger partial charge is 0.490 e. The van der Waals surface area contributed by atoms with Crippen LogP contribution in [0, 0.1) is 11.3 Å². The molecule has 0 atom stereocenters. The van der Waals surface area contributed by atoms with E-state index in [2.05, 4.69) is 0 Å². The number of nitrogens with zero attached hydrogens (tertiary/aromatic N) is 1. The van der Waals surface area contributed by atoms with Crippen molar-refractivity contribution in [1.82, 2.24) is 0 Å². The number of ether oxygens (including phenoxy) is 1. The van der Waals surface area contributed by atoms with Gasteiger partial charge in [0.05, 0.1) is 6.10 Å². The number of nitriles is 1. The van der Waals surface area contributed by atoms with E-state index >= 15 is 0 Å². The molecule has 1 rings (SSSR count). The van der Waals surface area contributed by atoms with Crippen molar-refractivity contribution in [1.29, 1.82) is 5.26 Å². The predicted octanol–water partition coefficient (Wildman–Crippen LogP) is 1.87. The van der Waals surface area contributed by atoms with Crippen molar-refractivity contribution in [3.63, 3.8) is 0 Å². The predicted molar refractivity (Wildman–Crippen MR) is 65.0 cm³/mol. The topological polar surface area (TPSA) is 76.1 Å². The molecule has 0 unspecified atom stereocenters. The smallest absolute Gasteiger partial charge is 0.259 e. The third-order valence-corrected chi connectivity index (χ3v) is 1.97. The van der Waals surface area contributed by atoms with Crippen LogP contribution in [0.15, 0.2) is 29.8 Å². The van der Waals surface area contributed by atoms with Crippen molar-refractivity contribution in [2.45, 2.75) is 20.0 Å². The summed E-state index contributed by atoms with van der Waals surface area (Å²) in [5.41, 5.74) is 5.65. The Kier molecular flexibility index (Phi) is 4.29. The number of nitrogens with two attached hydrogens (primary N) is 1. The highest BCUT2D eigenvalue weighted by molar-refractivity contribution is 6.00. The molecule has 0 bridgehead atoms. The summed E-state index contributed by atoms with van der Waals surface area (Å²) in [5, 5.41) is 8.77. The van der Waals surface area contributed by atoms with E-state index in [1.165, 1.54) is 6.08 Å². The Hall–Kier alpha value is -2.28. The van der Waals surface area contributed by atoms with Gasteiger partial charge in [0.2, 0.25) is 0 Å². The van der Waals surface area contributed by atoms with Crippen LogP contribution in [0.1, 0.15) is 19.4 Å². The summed E-state index contributed by atoms with van der Waals surface area (Å²) in [5.74, 6) is -0.122. The van der Waals surface area contributed by atoms with Gasteiger partial charge in [0.25, 0.3) is 5.91 Å². The summed E-state index contributed by atoms with van der Waals surface area (Å²) in [6, 6.07) is 8.93.